The number of aliphatic carboxylic acids is 1. The van der Waals surface area contributed by atoms with Crippen molar-refractivity contribution < 1.29 is 104 Å². The van der Waals surface area contributed by atoms with Crippen molar-refractivity contribution in [2.45, 2.75) is 218 Å². The van der Waals surface area contributed by atoms with Crippen LogP contribution in [0.2, 0.25) is 0 Å². The van der Waals surface area contributed by atoms with Crippen LogP contribution >= 0.6 is 0 Å². The number of rotatable bonds is 11. The first-order chi connectivity index (χ1) is 34.0. The number of carbonyl (C=O) groups excluding carboxylic acids is 1. The fourth-order valence-electron chi connectivity index (χ4n) is 15.6. The molecule has 5 aliphatic carbocycles. The van der Waals surface area contributed by atoms with Gasteiger partial charge < -0.3 is 94.4 Å². The number of carboxylic acids is 1. The number of fused-ring (bicyclic) bond motifs is 7. The summed E-state index contributed by atoms with van der Waals surface area (Å²) in [6.45, 7) is 16.3. The first kappa shape index (κ1) is 56.9. The fraction of sp³-hybridized carbons (Fsp3) is 0.885. The molecule has 0 amide bonds. The lowest BCUT2D eigenvalue weighted by Crippen LogP contribution is -2.72. The molecule has 0 aromatic carbocycles. The van der Waals surface area contributed by atoms with Crippen LogP contribution in [0.3, 0.4) is 0 Å². The first-order valence-corrected chi connectivity index (χ1v) is 26.0. The summed E-state index contributed by atoms with van der Waals surface area (Å²) in [7, 11) is 0. The maximum atomic E-state index is 13.4. The highest BCUT2D eigenvalue weighted by Crippen LogP contribution is 2.76. The minimum atomic E-state index is -2.09. The van der Waals surface area contributed by atoms with Gasteiger partial charge in [-0.05, 0) is 104 Å². The second-order valence-electron chi connectivity index (χ2n) is 24.7. The number of carbonyl (C=O) groups is 2. The molecule has 25 atom stereocenters. The first-order valence-electron chi connectivity index (χ1n) is 26.0. The van der Waals surface area contributed by atoms with E-state index in [1.54, 1.807) is 19.9 Å². The summed E-state index contributed by atoms with van der Waals surface area (Å²) in [6, 6.07) is 0. The van der Waals surface area contributed by atoms with Crippen molar-refractivity contribution in [3.8, 4) is 0 Å². The molecule has 0 aromatic rings. The average Bonchev–Trinajstić information content (AvgIpc) is 3.32. The van der Waals surface area contributed by atoms with Crippen molar-refractivity contribution >= 4 is 11.9 Å². The van der Waals surface area contributed by atoms with Crippen LogP contribution in [0.25, 0.3) is 0 Å². The number of ether oxygens (including phenoxy) is 7. The van der Waals surface area contributed by atoms with Gasteiger partial charge in [0.2, 0.25) is 0 Å². The lowest BCUT2D eigenvalue weighted by Gasteiger charge is -2.72. The van der Waals surface area contributed by atoms with Crippen LogP contribution in [0, 0.1) is 50.2 Å². The molecule has 21 nitrogen and oxygen atoms in total. The van der Waals surface area contributed by atoms with Gasteiger partial charge in [0.1, 0.15) is 67.1 Å². The molecule has 8 aliphatic rings. The molecule has 0 unspecified atom stereocenters. The van der Waals surface area contributed by atoms with E-state index in [-0.39, 0.29) is 23.7 Å². The number of carboxylic acid groups (broad SMARTS) is 1. The Morgan fingerprint density at radius 2 is 1.41 bits per heavy atom. The van der Waals surface area contributed by atoms with Crippen molar-refractivity contribution in [2.75, 3.05) is 19.8 Å². The lowest BCUT2D eigenvalue weighted by molar-refractivity contribution is -0.392. The monoisotopic (exact) mass is 1040 g/mol. The van der Waals surface area contributed by atoms with Gasteiger partial charge in [0.15, 0.2) is 25.0 Å². The molecular weight excluding hydrogens is 961 g/mol. The third-order valence-electron chi connectivity index (χ3n) is 20.3. The Hall–Kier alpha value is -2.26. The van der Waals surface area contributed by atoms with Gasteiger partial charge in [-0.15, -0.1) is 0 Å². The predicted octanol–water partition coefficient (Wildman–Crippen LogP) is -0.225. The maximum Gasteiger partial charge on any atom is 0.335 e. The Bertz CT molecular complexity index is 2100. The van der Waals surface area contributed by atoms with Crippen molar-refractivity contribution in [1.82, 2.24) is 0 Å². The van der Waals surface area contributed by atoms with E-state index in [0.717, 1.165) is 5.57 Å². The van der Waals surface area contributed by atoms with Crippen LogP contribution < -0.4 is 0 Å². The van der Waals surface area contributed by atoms with Crippen LogP contribution in [-0.2, 0) is 42.7 Å². The lowest BCUT2D eigenvalue weighted by atomic mass is 9.33. The average molecular weight is 1040 g/mol. The Labute approximate surface area is 426 Å². The molecule has 3 aliphatic heterocycles. The fourth-order valence-corrected chi connectivity index (χ4v) is 15.6. The van der Waals surface area contributed by atoms with Gasteiger partial charge in [-0.2, -0.15) is 0 Å². The highest BCUT2D eigenvalue weighted by atomic mass is 16.8. The molecule has 8 rings (SSSR count). The van der Waals surface area contributed by atoms with Gasteiger partial charge in [-0.3, -0.25) is 0 Å². The van der Waals surface area contributed by atoms with Gasteiger partial charge in [-0.25, -0.2) is 9.59 Å². The van der Waals surface area contributed by atoms with E-state index in [9.17, 15) is 70.9 Å². The van der Waals surface area contributed by atoms with Crippen molar-refractivity contribution in [1.29, 1.82) is 0 Å². The molecule has 3 saturated heterocycles. The Morgan fingerprint density at radius 3 is 2.04 bits per heavy atom. The third-order valence-corrected chi connectivity index (χ3v) is 20.3. The summed E-state index contributed by atoms with van der Waals surface area (Å²) in [5, 5.41) is 132. The molecule has 0 spiro atoms. The van der Waals surface area contributed by atoms with Crippen molar-refractivity contribution in [3.63, 3.8) is 0 Å². The highest BCUT2D eigenvalue weighted by Gasteiger charge is 2.73. The van der Waals surface area contributed by atoms with Crippen LogP contribution in [0.15, 0.2) is 23.3 Å². The van der Waals surface area contributed by atoms with Crippen LogP contribution in [-0.4, -0.2) is 203 Å². The van der Waals surface area contributed by atoms with E-state index in [1.807, 2.05) is 13.8 Å². The van der Waals surface area contributed by atoms with Crippen LogP contribution in [0.1, 0.15) is 107 Å². The molecule has 21 heteroatoms. The van der Waals surface area contributed by atoms with Gasteiger partial charge >= 0.3 is 11.9 Å². The topological polar surface area (TPSA) is 342 Å². The van der Waals surface area contributed by atoms with Crippen molar-refractivity contribution in [2.24, 2.45) is 50.2 Å². The molecule has 0 aromatic heterocycles. The van der Waals surface area contributed by atoms with E-state index in [2.05, 4.69) is 40.7 Å². The van der Waals surface area contributed by atoms with Gasteiger partial charge in [0.25, 0.3) is 0 Å². The highest BCUT2D eigenvalue weighted by molar-refractivity contribution is 5.87. The summed E-state index contributed by atoms with van der Waals surface area (Å²) >= 11 is 0. The summed E-state index contributed by atoms with van der Waals surface area (Å²) in [4.78, 5) is 26.2. The molecular formula is C52H82O21. The number of hydrogen-bond donors (Lipinski definition) is 12. The van der Waals surface area contributed by atoms with Gasteiger partial charge in [-0.1, -0.05) is 66.2 Å². The quantitative estimate of drug-likeness (QED) is 0.0551. The molecule has 7 fully saturated rings. The minimum absolute atomic E-state index is 0.0390. The number of aliphatic hydroxyl groups excluding tert-OH is 11. The SMILES string of the molecule is C/C=C(\C)C(=O)O[C@H]1[C@H](O)C(C)(C)C[C@H]2C3=CC[C@@H]4[C@@]5(C)CC[C@H](O[C@@H]6O[C@H](C(=O)O)[C@@H](O)[C@H](O[C@@H]7OC[C@@H](O)[C@H](O)[C@H]7O)[C@H]6O[C@@H]6O[C@H](CO)[C@@H](O)[C@H](O)[C@H]6O)C(C)(C)[C@@H]5CC[C@@]4(C)[C@]3(C)C[C@@H](O)[C@]21CO. The zero-order valence-electron chi connectivity index (χ0n) is 43.4. The number of hydrogen-bond acceptors (Lipinski definition) is 20. The molecule has 73 heavy (non-hydrogen) atoms. The second kappa shape index (κ2) is 20.2. The Morgan fingerprint density at radius 1 is 0.753 bits per heavy atom. The molecule has 4 saturated carbocycles. The van der Waals surface area contributed by atoms with E-state index >= 15 is 0 Å². The van der Waals surface area contributed by atoms with E-state index in [0.29, 0.717) is 44.1 Å². The summed E-state index contributed by atoms with van der Waals surface area (Å²) in [5.74, 6) is -2.66. The summed E-state index contributed by atoms with van der Waals surface area (Å²) in [5.41, 5.74) is -2.73. The Balaban J connectivity index is 1.11. The van der Waals surface area contributed by atoms with Gasteiger partial charge in [0.05, 0.1) is 43.5 Å². The number of aliphatic hydroxyl groups is 11. The molecule has 416 valence electrons. The third kappa shape index (κ3) is 8.89. The molecule has 0 bridgehead atoms. The number of esters is 1. The largest absolute Gasteiger partial charge is 0.479 e. The number of allylic oxidation sites excluding steroid dienone is 3. The zero-order valence-corrected chi connectivity index (χ0v) is 43.4. The Kier molecular flexibility index (Phi) is 15.7. The van der Waals surface area contributed by atoms with Gasteiger partial charge in [0, 0.05) is 5.57 Å². The molecule has 0 radical (unpaired) electrons. The zero-order chi connectivity index (χ0) is 53.9. The predicted molar refractivity (Wildman–Crippen MR) is 252 cm³/mol. The van der Waals surface area contributed by atoms with Crippen LogP contribution in [0.5, 0.6) is 0 Å². The van der Waals surface area contributed by atoms with E-state index < -0.39 is 175 Å². The normalized spacial score (nSPS) is 51.6. The smallest absolute Gasteiger partial charge is 0.335 e. The maximum absolute atomic E-state index is 13.4. The standard InChI is InChI=1S/C52H82O21/c1-10-22(2)43(66)73-41-40(63)47(3,4)17-24-23-11-12-28-49(7)15-14-30(48(5,6)27(49)13-16-50(28,8)51(23,9)18-29(56)52(24,41)21-54)69-46-39(72-45-35(61)33(59)32(58)26(19-53)68-45)37(36(62)38(71-46)42(64)65)70-44-34(60)31(57)25(55)20-67-44/h10-11,24-41,44-46,53-63H,12-21H2,1-9H3,(H,64,65)/b22-10+/t24-,25+,26+,27-,28+,29+,30-,31-,32+,33-,34+,35+,36-,37-,38-,39+,40-,41-,44-,45-,46+,49-,50+,51+,52-/m0/s1. The van der Waals surface area contributed by atoms with E-state index in [4.69, 9.17) is 33.2 Å². The minimum Gasteiger partial charge on any atom is -0.479 e. The molecule has 3 heterocycles. The summed E-state index contributed by atoms with van der Waals surface area (Å²) in [6.07, 6.45) is -21.9. The molecule has 12 N–H and O–H groups in total. The van der Waals surface area contributed by atoms with Crippen LogP contribution in [0.4, 0.5) is 0 Å². The van der Waals surface area contributed by atoms with E-state index in [1.165, 1.54) is 0 Å². The second-order valence-corrected chi connectivity index (χ2v) is 24.7. The summed E-state index contributed by atoms with van der Waals surface area (Å²) < 4.78 is 42.5. The van der Waals surface area contributed by atoms with Crippen molar-refractivity contribution in [3.05, 3.63) is 23.3 Å².